The van der Waals surface area contributed by atoms with Crippen LogP contribution in [0.15, 0.2) is 76.8 Å². The summed E-state index contributed by atoms with van der Waals surface area (Å²) in [6.45, 7) is 0.193. The highest BCUT2D eigenvalue weighted by Crippen LogP contribution is 2.37. The highest BCUT2D eigenvalue weighted by Gasteiger charge is 2.39. The highest BCUT2D eigenvalue weighted by atomic mass is 79.9. The lowest BCUT2D eigenvalue weighted by Gasteiger charge is -2.27. The van der Waals surface area contributed by atoms with Crippen molar-refractivity contribution in [3.8, 4) is 5.75 Å². The second-order valence-corrected chi connectivity index (χ2v) is 8.90. The summed E-state index contributed by atoms with van der Waals surface area (Å²) in [6.07, 6.45) is -3.54. The lowest BCUT2D eigenvalue weighted by atomic mass is 10.1. The monoisotopic (exact) mass is 578 g/mol. The van der Waals surface area contributed by atoms with Gasteiger partial charge in [-0.2, -0.15) is 13.2 Å². The molecular formula is C25H15BrClF3N2O4. The van der Waals surface area contributed by atoms with Crippen LogP contribution in [0.4, 0.5) is 23.7 Å². The predicted octanol–water partition coefficient (Wildman–Crippen LogP) is 6.37. The topological polar surface area (TPSA) is 75.7 Å². The third-order valence-corrected chi connectivity index (χ3v) is 5.99. The Morgan fingerprint density at radius 3 is 2.39 bits per heavy atom. The van der Waals surface area contributed by atoms with Crippen LogP contribution in [0.2, 0.25) is 5.02 Å². The van der Waals surface area contributed by atoms with Gasteiger partial charge in [-0.05, 0) is 48.0 Å². The van der Waals surface area contributed by atoms with Crippen molar-refractivity contribution in [2.45, 2.75) is 12.8 Å². The fourth-order valence-corrected chi connectivity index (χ4v) is 3.83. The molecule has 4 amide bonds. The molecular weight excluding hydrogens is 565 g/mol. The molecule has 1 N–H and O–H groups in total. The molecule has 1 saturated heterocycles. The third kappa shape index (κ3) is 5.44. The van der Waals surface area contributed by atoms with E-state index in [-0.39, 0.29) is 11.6 Å². The number of alkyl halides is 3. The molecule has 0 aliphatic carbocycles. The number of barbiturate groups is 1. The van der Waals surface area contributed by atoms with Gasteiger partial charge < -0.3 is 4.74 Å². The molecule has 11 heteroatoms. The molecule has 184 valence electrons. The minimum absolute atomic E-state index is 0.193. The molecule has 1 aliphatic heterocycles. The Morgan fingerprint density at radius 1 is 1.00 bits per heavy atom. The van der Waals surface area contributed by atoms with E-state index < -0.39 is 40.8 Å². The van der Waals surface area contributed by atoms with Crippen LogP contribution in [-0.2, 0) is 22.4 Å². The number of hydrogen-bond acceptors (Lipinski definition) is 4. The fourth-order valence-electron chi connectivity index (χ4n) is 3.37. The molecule has 0 aromatic heterocycles. The van der Waals surface area contributed by atoms with E-state index in [0.29, 0.717) is 22.3 Å². The zero-order valence-corrected chi connectivity index (χ0v) is 20.4. The Morgan fingerprint density at radius 2 is 1.69 bits per heavy atom. The average molecular weight is 580 g/mol. The first kappa shape index (κ1) is 25.5. The van der Waals surface area contributed by atoms with Crippen molar-refractivity contribution in [3.63, 3.8) is 0 Å². The molecule has 1 heterocycles. The molecule has 0 saturated carbocycles. The molecule has 1 aliphatic rings. The van der Waals surface area contributed by atoms with E-state index in [1.165, 1.54) is 6.08 Å². The lowest BCUT2D eigenvalue weighted by molar-refractivity contribution is -0.137. The number of para-hydroxylation sites is 1. The zero-order valence-electron chi connectivity index (χ0n) is 18.1. The maximum absolute atomic E-state index is 13.2. The van der Waals surface area contributed by atoms with Gasteiger partial charge in [0.05, 0.1) is 16.3 Å². The number of nitrogens with zero attached hydrogens (tertiary/aromatic N) is 1. The summed E-state index contributed by atoms with van der Waals surface area (Å²) in [5.74, 6) is -1.80. The number of imide groups is 2. The maximum atomic E-state index is 13.2. The number of benzene rings is 3. The van der Waals surface area contributed by atoms with Crippen LogP contribution in [0.25, 0.3) is 6.08 Å². The Kier molecular flexibility index (Phi) is 7.18. The number of carbonyl (C=O) groups excluding carboxylic acids is 3. The molecule has 6 nitrogen and oxygen atoms in total. The van der Waals surface area contributed by atoms with Crippen LogP contribution in [-0.4, -0.2) is 17.8 Å². The average Bonchev–Trinajstić information content (AvgIpc) is 2.82. The van der Waals surface area contributed by atoms with Crippen molar-refractivity contribution in [3.05, 3.63) is 98.5 Å². The number of nitrogens with one attached hydrogen (secondary N) is 1. The van der Waals surface area contributed by atoms with Gasteiger partial charge in [-0.3, -0.25) is 14.9 Å². The summed E-state index contributed by atoms with van der Waals surface area (Å²) in [5.41, 5.74) is -0.896. The number of halogens is 5. The van der Waals surface area contributed by atoms with Crippen LogP contribution in [0, 0.1) is 0 Å². The number of amides is 4. The van der Waals surface area contributed by atoms with E-state index in [0.717, 1.165) is 22.2 Å². The summed E-state index contributed by atoms with van der Waals surface area (Å²) < 4.78 is 46.4. The van der Waals surface area contributed by atoms with E-state index in [1.807, 2.05) is 29.6 Å². The Hall–Kier alpha value is -3.63. The standard InChI is InChI=1S/C25H15BrClF3N2O4/c26-17-8-5-14(6-9-17)13-36-21-4-2-1-3-15(21)11-18-22(33)31-24(35)32(23(18)34)20-12-16(25(28,29)30)7-10-19(20)27/h1-12H,13H2,(H,31,33,35)/b18-11-. The summed E-state index contributed by atoms with van der Waals surface area (Å²) in [7, 11) is 0. The van der Waals surface area contributed by atoms with Crippen molar-refractivity contribution in [1.29, 1.82) is 0 Å². The van der Waals surface area contributed by atoms with Gasteiger partial charge >= 0.3 is 12.2 Å². The first-order chi connectivity index (χ1) is 17.0. The minimum Gasteiger partial charge on any atom is -0.488 e. The van der Waals surface area contributed by atoms with Crippen LogP contribution in [0.3, 0.4) is 0 Å². The van der Waals surface area contributed by atoms with Gasteiger partial charge in [0.2, 0.25) is 0 Å². The summed E-state index contributed by atoms with van der Waals surface area (Å²) in [6, 6.07) is 15.0. The summed E-state index contributed by atoms with van der Waals surface area (Å²) in [5, 5.41) is 1.69. The van der Waals surface area contributed by atoms with E-state index in [1.54, 1.807) is 24.3 Å². The summed E-state index contributed by atoms with van der Waals surface area (Å²) >= 11 is 9.37. The van der Waals surface area contributed by atoms with Crippen molar-refractivity contribution in [1.82, 2.24) is 5.32 Å². The molecule has 36 heavy (non-hydrogen) atoms. The number of rotatable bonds is 5. The molecule has 0 atom stereocenters. The van der Waals surface area contributed by atoms with Crippen LogP contribution < -0.4 is 15.0 Å². The Balaban J connectivity index is 1.68. The SMILES string of the molecule is O=C1NC(=O)N(c2cc(C(F)(F)F)ccc2Cl)C(=O)/C1=C\c1ccccc1OCc1ccc(Br)cc1. The van der Waals surface area contributed by atoms with Crippen LogP contribution >= 0.6 is 27.5 Å². The Bertz CT molecular complexity index is 1390. The lowest BCUT2D eigenvalue weighted by Crippen LogP contribution is -2.54. The molecule has 1 fully saturated rings. The molecule has 3 aromatic rings. The maximum Gasteiger partial charge on any atom is 0.416 e. The van der Waals surface area contributed by atoms with Gasteiger partial charge in [0, 0.05) is 10.0 Å². The van der Waals surface area contributed by atoms with E-state index in [2.05, 4.69) is 15.9 Å². The molecule has 3 aromatic carbocycles. The predicted molar refractivity (Wildman–Crippen MR) is 130 cm³/mol. The zero-order chi connectivity index (χ0) is 26.0. The smallest absolute Gasteiger partial charge is 0.416 e. The van der Waals surface area contributed by atoms with Gasteiger partial charge in [0.1, 0.15) is 17.9 Å². The van der Waals surface area contributed by atoms with Crippen molar-refractivity contribution >= 4 is 57.1 Å². The molecule has 4 rings (SSSR count). The van der Waals surface area contributed by atoms with Crippen molar-refractivity contribution in [2.24, 2.45) is 0 Å². The molecule has 0 unspecified atom stereocenters. The van der Waals surface area contributed by atoms with E-state index >= 15 is 0 Å². The fraction of sp³-hybridized carbons (Fsp3) is 0.0800. The van der Waals surface area contributed by atoms with Gasteiger partial charge in [-0.25, -0.2) is 9.69 Å². The largest absolute Gasteiger partial charge is 0.488 e. The Labute approximate surface area is 216 Å². The minimum atomic E-state index is -4.74. The second kappa shape index (κ2) is 10.2. The van der Waals surface area contributed by atoms with Crippen molar-refractivity contribution < 1.29 is 32.3 Å². The van der Waals surface area contributed by atoms with Gasteiger partial charge in [-0.1, -0.05) is 57.9 Å². The quantitative estimate of drug-likeness (QED) is 0.282. The number of carbonyl (C=O) groups is 3. The third-order valence-electron chi connectivity index (χ3n) is 5.14. The van der Waals surface area contributed by atoms with Gasteiger partial charge in [-0.15, -0.1) is 0 Å². The van der Waals surface area contributed by atoms with Crippen molar-refractivity contribution in [2.75, 3.05) is 4.90 Å². The number of hydrogen-bond donors (Lipinski definition) is 1. The normalized spacial score (nSPS) is 15.3. The van der Waals surface area contributed by atoms with E-state index in [9.17, 15) is 27.6 Å². The number of ether oxygens (including phenoxy) is 1. The van der Waals surface area contributed by atoms with E-state index in [4.69, 9.17) is 16.3 Å². The number of anilines is 1. The molecule has 0 bridgehead atoms. The molecule has 0 spiro atoms. The molecule has 0 radical (unpaired) electrons. The van der Waals surface area contributed by atoms with Crippen LogP contribution in [0.1, 0.15) is 16.7 Å². The number of urea groups is 1. The highest BCUT2D eigenvalue weighted by molar-refractivity contribution is 9.10. The summed E-state index contributed by atoms with van der Waals surface area (Å²) in [4.78, 5) is 38.6. The second-order valence-electron chi connectivity index (χ2n) is 7.57. The van der Waals surface area contributed by atoms with Gasteiger partial charge in [0.25, 0.3) is 11.8 Å². The first-order valence-corrected chi connectivity index (χ1v) is 11.5. The van der Waals surface area contributed by atoms with Gasteiger partial charge in [0.15, 0.2) is 0 Å². The van der Waals surface area contributed by atoms with Crippen LogP contribution in [0.5, 0.6) is 5.75 Å². The first-order valence-electron chi connectivity index (χ1n) is 10.3.